The van der Waals surface area contributed by atoms with Gasteiger partial charge in [-0.2, -0.15) is 0 Å². The SMILES string of the molecule is c1ccc(-c2cccc(N(c3ccccc3)c3cccc4c3c3cccc5c6c(N(c7ccccc7)c7cccc(-c8ccccc8)c7)cccc6n4c35)c2)cc1. The van der Waals surface area contributed by atoms with Crippen molar-refractivity contribution in [2.45, 2.75) is 0 Å². The van der Waals surface area contributed by atoms with Gasteiger partial charge in [0.05, 0.1) is 27.9 Å². The Labute approximate surface area is 331 Å². The predicted molar refractivity (Wildman–Crippen MR) is 241 cm³/mol. The average Bonchev–Trinajstić information content (AvgIpc) is 3.82. The molecule has 0 aliphatic carbocycles. The second-order valence-electron chi connectivity index (χ2n) is 14.6. The van der Waals surface area contributed by atoms with E-state index in [0.717, 1.165) is 34.1 Å². The third-order valence-corrected chi connectivity index (χ3v) is 11.3. The van der Waals surface area contributed by atoms with Crippen LogP contribution in [0.2, 0.25) is 0 Å². The van der Waals surface area contributed by atoms with Crippen molar-refractivity contribution in [3.63, 3.8) is 0 Å². The van der Waals surface area contributed by atoms with Crippen LogP contribution in [0.4, 0.5) is 34.1 Å². The number of para-hydroxylation sites is 3. The summed E-state index contributed by atoms with van der Waals surface area (Å²) in [5.41, 5.74) is 15.1. The molecule has 0 unspecified atom stereocenters. The van der Waals surface area contributed by atoms with Crippen LogP contribution >= 0.6 is 0 Å². The number of anilines is 6. The number of fused-ring (bicyclic) bond motifs is 6. The van der Waals surface area contributed by atoms with Crippen molar-refractivity contribution in [3.05, 3.63) is 224 Å². The lowest BCUT2D eigenvalue weighted by atomic mass is 10.0. The summed E-state index contributed by atoms with van der Waals surface area (Å²) in [6.07, 6.45) is 0. The molecule has 0 atom stereocenters. The Morgan fingerprint density at radius 2 is 0.632 bits per heavy atom. The number of rotatable bonds is 8. The minimum atomic E-state index is 1.11. The minimum absolute atomic E-state index is 1.11. The van der Waals surface area contributed by atoms with E-state index in [0.29, 0.717) is 0 Å². The van der Waals surface area contributed by atoms with Gasteiger partial charge in [0.15, 0.2) is 0 Å². The van der Waals surface area contributed by atoms with Crippen molar-refractivity contribution >= 4 is 72.2 Å². The van der Waals surface area contributed by atoms with E-state index in [-0.39, 0.29) is 0 Å². The van der Waals surface area contributed by atoms with Crippen LogP contribution in [-0.2, 0) is 0 Å². The van der Waals surface area contributed by atoms with Gasteiger partial charge in [-0.05, 0) is 95.1 Å². The number of benzene rings is 9. The van der Waals surface area contributed by atoms with Crippen LogP contribution in [-0.4, -0.2) is 4.40 Å². The van der Waals surface area contributed by atoms with Crippen molar-refractivity contribution in [3.8, 4) is 22.3 Å². The molecular weight excluding hydrogens is 691 g/mol. The number of hydrogen-bond donors (Lipinski definition) is 0. The van der Waals surface area contributed by atoms with E-state index in [4.69, 9.17) is 0 Å². The summed E-state index contributed by atoms with van der Waals surface area (Å²) in [7, 11) is 0. The fourth-order valence-corrected chi connectivity index (χ4v) is 8.83. The first-order valence-electron chi connectivity index (χ1n) is 19.5. The van der Waals surface area contributed by atoms with Gasteiger partial charge in [0.2, 0.25) is 0 Å². The maximum absolute atomic E-state index is 2.50. The fourth-order valence-electron chi connectivity index (χ4n) is 8.83. The van der Waals surface area contributed by atoms with Crippen LogP contribution < -0.4 is 9.80 Å². The topological polar surface area (TPSA) is 10.9 Å². The zero-order valence-electron chi connectivity index (χ0n) is 31.2. The van der Waals surface area contributed by atoms with Crippen LogP contribution in [0.25, 0.3) is 60.3 Å². The number of hydrogen-bond acceptors (Lipinski definition) is 2. The quantitative estimate of drug-likeness (QED) is 0.154. The third kappa shape index (κ3) is 5.43. The highest BCUT2D eigenvalue weighted by Gasteiger charge is 2.26. The second kappa shape index (κ2) is 13.6. The van der Waals surface area contributed by atoms with Crippen LogP contribution in [0, 0.1) is 0 Å². The highest BCUT2D eigenvalue weighted by atomic mass is 15.2. The van der Waals surface area contributed by atoms with E-state index >= 15 is 0 Å². The summed E-state index contributed by atoms with van der Waals surface area (Å²) < 4.78 is 2.50. The number of nitrogens with zero attached hydrogens (tertiary/aromatic N) is 3. The van der Waals surface area contributed by atoms with Gasteiger partial charge in [-0.1, -0.05) is 152 Å². The molecule has 0 fully saturated rings. The molecule has 0 saturated carbocycles. The molecule has 268 valence electrons. The van der Waals surface area contributed by atoms with Crippen LogP contribution in [0.1, 0.15) is 0 Å². The molecule has 0 aliphatic heterocycles. The molecule has 3 nitrogen and oxygen atoms in total. The lowest BCUT2D eigenvalue weighted by Crippen LogP contribution is -2.10. The van der Waals surface area contributed by atoms with Gasteiger partial charge in [-0.3, -0.25) is 0 Å². The molecule has 0 aliphatic rings. The molecule has 0 bridgehead atoms. The molecule has 9 aromatic carbocycles. The normalized spacial score (nSPS) is 11.5. The van der Waals surface area contributed by atoms with Crippen molar-refractivity contribution in [1.29, 1.82) is 0 Å². The van der Waals surface area contributed by atoms with Gasteiger partial charge in [-0.25, -0.2) is 0 Å². The minimum Gasteiger partial charge on any atom is -0.310 e. The van der Waals surface area contributed by atoms with E-state index in [1.807, 2.05) is 0 Å². The standard InChI is InChI=1S/C54H37N3/c1-5-18-38(19-6-1)40-22-13-28-44(36-40)55(42-24-9-3-10-25-42)48-32-16-34-50-52(48)46-30-15-31-47-53-49(33-17-35-51(53)57(50)54(46)47)56(43-26-11-4-12-27-43)45-29-14-23-41(37-45)39-20-7-2-8-21-39/h1-37H. The Balaban J connectivity index is 1.16. The molecule has 0 amide bonds. The first-order chi connectivity index (χ1) is 28.3. The first kappa shape index (κ1) is 32.8. The molecular formula is C54H37N3. The maximum atomic E-state index is 2.50. The molecule has 0 spiro atoms. The van der Waals surface area contributed by atoms with Crippen molar-refractivity contribution < 1.29 is 0 Å². The Morgan fingerprint density at radius 3 is 1.07 bits per heavy atom. The van der Waals surface area contributed by atoms with E-state index in [2.05, 4.69) is 239 Å². The highest BCUT2D eigenvalue weighted by Crippen LogP contribution is 2.49. The molecule has 11 rings (SSSR count). The van der Waals surface area contributed by atoms with Crippen LogP contribution in [0.3, 0.4) is 0 Å². The van der Waals surface area contributed by atoms with E-state index < -0.39 is 0 Å². The molecule has 3 heteroatoms. The van der Waals surface area contributed by atoms with Gasteiger partial charge < -0.3 is 14.2 Å². The summed E-state index contributed by atoms with van der Waals surface area (Å²) in [6.45, 7) is 0. The van der Waals surface area contributed by atoms with E-state index in [9.17, 15) is 0 Å². The predicted octanol–water partition coefficient (Wildman–Crippen LogP) is 15.1. The Kier molecular flexibility index (Phi) is 7.82. The molecule has 0 radical (unpaired) electrons. The average molecular weight is 728 g/mol. The van der Waals surface area contributed by atoms with Crippen LogP contribution in [0.15, 0.2) is 224 Å². The number of aromatic nitrogens is 1. The summed E-state index contributed by atoms with van der Waals surface area (Å²) in [5, 5.41) is 4.93. The molecule has 57 heavy (non-hydrogen) atoms. The fraction of sp³-hybridized carbons (Fsp3) is 0. The van der Waals surface area contributed by atoms with Gasteiger partial charge in [-0.15, -0.1) is 0 Å². The molecule has 2 aromatic heterocycles. The van der Waals surface area contributed by atoms with Crippen molar-refractivity contribution in [2.24, 2.45) is 0 Å². The van der Waals surface area contributed by atoms with Crippen molar-refractivity contribution in [1.82, 2.24) is 4.40 Å². The third-order valence-electron chi connectivity index (χ3n) is 11.3. The second-order valence-corrected chi connectivity index (χ2v) is 14.6. The van der Waals surface area contributed by atoms with Gasteiger partial charge in [0, 0.05) is 44.3 Å². The lowest BCUT2D eigenvalue weighted by molar-refractivity contribution is 1.29. The van der Waals surface area contributed by atoms with Gasteiger partial charge >= 0.3 is 0 Å². The smallest absolute Gasteiger partial charge is 0.0622 e. The summed E-state index contributed by atoms with van der Waals surface area (Å²) >= 11 is 0. The van der Waals surface area contributed by atoms with Gasteiger partial charge in [0.1, 0.15) is 0 Å². The largest absolute Gasteiger partial charge is 0.310 e. The summed E-state index contributed by atoms with van der Waals surface area (Å²) in [4.78, 5) is 4.84. The highest BCUT2D eigenvalue weighted by molar-refractivity contribution is 6.28. The first-order valence-corrected chi connectivity index (χ1v) is 19.5. The summed E-state index contributed by atoms with van der Waals surface area (Å²) in [6, 6.07) is 81.0. The Morgan fingerprint density at radius 1 is 0.281 bits per heavy atom. The molecule has 2 heterocycles. The molecule has 11 aromatic rings. The Hall–Kier alpha value is -7.62. The monoisotopic (exact) mass is 727 g/mol. The zero-order chi connectivity index (χ0) is 37.7. The van der Waals surface area contributed by atoms with E-state index in [1.54, 1.807) is 0 Å². The van der Waals surface area contributed by atoms with Crippen molar-refractivity contribution in [2.75, 3.05) is 9.80 Å². The molecule has 0 saturated heterocycles. The molecule has 0 N–H and O–H groups in total. The van der Waals surface area contributed by atoms with Crippen LogP contribution in [0.5, 0.6) is 0 Å². The Bertz CT molecular complexity index is 2960. The zero-order valence-corrected chi connectivity index (χ0v) is 31.2. The maximum Gasteiger partial charge on any atom is 0.0622 e. The lowest BCUT2D eigenvalue weighted by Gasteiger charge is -2.27. The van der Waals surface area contributed by atoms with Gasteiger partial charge in [0.25, 0.3) is 0 Å². The summed E-state index contributed by atoms with van der Waals surface area (Å²) in [5.74, 6) is 0. The van der Waals surface area contributed by atoms with E-state index in [1.165, 1.54) is 60.3 Å².